The van der Waals surface area contributed by atoms with Crippen molar-refractivity contribution in [1.29, 1.82) is 0 Å². The van der Waals surface area contributed by atoms with E-state index in [1.165, 1.54) is 87.2 Å². The van der Waals surface area contributed by atoms with Crippen LogP contribution in [0.5, 0.6) is 0 Å². The van der Waals surface area contributed by atoms with E-state index >= 15 is 0 Å². The maximum atomic E-state index is 6.02. The Morgan fingerprint density at radius 2 is 1.12 bits per heavy atom. The van der Waals surface area contributed by atoms with Crippen LogP contribution < -0.4 is 0 Å². The van der Waals surface area contributed by atoms with Gasteiger partial charge in [0.05, 0.1) is 38.1 Å². The van der Waals surface area contributed by atoms with Crippen LogP contribution in [0.2, 0.25) is 0 Å². The van der Waals surface area contributed by atoms with Crippen LogP contribution in [0.4, 0.5) is 0 Å². The van der Waals surface area contributed by atoms with Crippen LogP contribution in [0.15, 0.2) is 0 Å². The molecule has 11 unspecified atom stereocenters. The molecule has 0 N–H and O–H groups in total. The quantitative estimate of drug-likeness (QED) is 0.279. The molecule has 10 rings (SSSR count). The van der Waals surface area contributed by atoms with Gasteiger partial charge in [-0.1, -0.05) is 96.9 Å². The Hall–Kier alpha value is 1.28. The third kappa shape index (κ3) is 8.73. The van der Waals surface area contributed by atoms with E-state index in [-0.39, 0.29) is 0 Å². The first-order valence-corrected chi connectivity index (χ1v) is 29.3. The summed E-state index contributed by atoms with van der Waals surface area (Å²) >= 11 is 8.79. The molecule has 0 radical (unpaired) electrons. The lowest BCUT2D eigenvalue weighted by atomic mass is 9.57. The number of rotatable bonds is 3. The highest BCUT2D eigenvalue weighted by Crippen LogP contribution is 2.77. The molecule has 4 saturated heterocycles. The molecule has 0 aromatic heterocycles. The zero-order chi connectivity index (χ0) is 42.7. The van der Waals surface area contributed by atoms with Gasteiger partial charge in [0, 0.05) is 44.0 Å². The number of hydrogen-bond acceptors (Lipinski definition) is 7. The molecule has 10 aliphatic rings. The lowest BCUT2D eigenvalue weighted by Gasteiger charge is -2.55. The minimum Gasteiger partial charge on any atom is -0.376 e. The fourth-order valence-electron chi connectivity index (χ4n) is 15.4. The summed E-state index contributed by atoms with van der Waals surface area (Å²) in [5.41, 5.74) is 2.96. The molecule has 342 valence electrons. The second-order valence-electron chi connectivity index (χ2n) is 24.3. The van der Waals surface area contributed by atoms with E-state index in [9.17, 15) is 0 Å². The molecular weight excluding hydrogens is 801 g/mol. The normalized spacial score (nSPS) is 48.7. The fourth-order valence-corrected chi connectivity index (χ4v) is 22.5. The van der Waals surface area contributed by atoms with Crippen LogP contribution >= 0.6 is 47.0 Å². The second-order valence-corrected chi connectivity index (χ2v) is 29.3. The summed E-state index contributed by atoms with van der Waals surface area (Å²) in [7, 11) is 0. The molecule has 6 saturated carbocycles. The highest BCUT2D eigenvalue weighted by Gasteiger charge is 2.70. The summed E-state index contributed by atoms with van der Waals surface area (Å²) in [5, 5.41) is 3.27. The zero-order valence-corrected chi connectivity index (χ0v) is 43.9. The second kappa shape index (κ2) is 18.9. The molecule has 4 heterocycles. The minimum absolute atomic E-state index is 0.500. The first-order chi connectivity index (χ1) is 27.8. The highest BCUT2D eigenvalue weighted by molar-refractivity contribution is 8.00. The summed E-state index contributed by atoms with van der Waals surface area (Å²) in [6.07, 6.45) is 16.1. The first-order valence-electron chi connectivity index (χ1n) is 25.1. The predicted octanol–water partition coefficient (Wildman–Crippen LogP) is 14.3. The summed E-state index contributed by atoms with van der Waals surface area (Å²) in [4.78, 5) is 0. The van der Waals surface area contributed by atoms with Crippen LogP contribution in [-0.4, -0.2) is 82.1 Å². The Balaban J connectivity index is 0.000000120. The molecule has 3 nitrogen and oxygen atoms in total. The van der Waals surface area contributed by atoms with E-state index in [0.717, 1.165) is 94.1 Å². The number of ether oxygens (including phenoxy) is 3. The van der Waals surface area contributed by atoms with Crippen molar-refractivity contribution in [3.8, 4) is 0 Å². The summed E-state index contributed by atoms with van der Waals surface area (Å²) in [6, 6.07) is 0. The average molecular weight is 894 g/mol. The van der Waals surface area contributed by atoms with Gasteiger partial charge >= 0.3 is 0 Å². The van der Waals surface area contributed by atoms with Gasteiger partial charge in [-0.25, -0.2) is 0 Å². The summed E-state index contributed by atoms with van der Waals surface area (Å²) < 4.78 is 18.0. The molecule has 4 aliphatic heterocycles. The molecule has 16 atom stereocenters. The van der Waals surface area contributed by atoms with Crippen molar-refractivity contribution in [2.24, 2.45) is 80.3 Å². The van der Waals surface area contributed by atoms with Gasteiger partial charge in [0.25, 0.3) is 0 Å². The third-order valence-electron chi connectivity index (χ3n) is 20.0. The fraction of sp³-hybridized carbons (Fsp3) is 1.00. The molecule has 1 spiro atoms. The molecule has 0 aromatic carbocycles. The third-order valence-corrected chi connectivity index (χ3v) is 26.3. The predicted molar refractivity (Wildman–Crippen MR) is 263 cm³/mol. The van der Waals surface area contributed by atoms with E-state index in [1.54, 1.807) is 0 Å². The molecule has 7 heteroatoms. The largest absolute Gasteiger partial charge is 0.376 e. The SMILES string of the molecule is CC(C)[C@@H]1CC2(C)CC3CCC2(CS1)C3(C)C.CC(C)[C@@H]1CC[C@@H](C)C2OCCSC21.CC(C)[C@@H]1CC[C@@H](C)C2SCCOC21.CC1(C)C2CCC1(C)C1SCCOC21. The molecule has 0 aromatic rings. The molecule has 10 fully saturated rings. The van der Waals surface area contributed by atoms with Crippen LogP contribution in [-0.2, 0) is 14.2 Å². The summed E-state index contributed by atoms with van der Waals surface area (Å²) in [5.74, 6) is 12.7. The van der Waals surface area contributed by atoms with Gasteiger partial charge in [-0.3, -0.25) is 0 Å². The van der Waals surface area contributed by atoms with Gasteiger partial charge in [0.15, 0.2) is 0 Å². The van der Waals surface area contributed by atoms with Crippen LogP contribution in [0.25, 0.3) is 0 Å². The van der Waals surface area contributed by atoms with Crippen molar-refractivity contribution in [1.82, 2.24) is 0 Å². The number of thioether (sulfide) groups is 4. The smallest absolute Gasteiger partial charge is 0.0732 e. The van der Waals surface area contributed by atoms with Gasteiger partial charge in [-0.15, -0.1) is 0 Å². The van der Waals surface area contributed by atoms with E-state index in [2.05, 4.69) is 144 Å². The Kier molecular flexibility index (Phi) is 15.4. The highest BCUT2D eigenvalue weighted by atomic mass is 32.2. The molecule has 6 aliphatic carbocycles. The maximum absolute atomic E-state index is 6.02. The minimum atomic E-state index is 0.500. The molecule has 59 heavy (non-hydrogen) atoms. The first kappa shape index (κ1) is 48.2. The van der Waals surface area contributed by atoms with E-state index < -0.39 is 0 Å². The van der Waals surface area contributed by atoms with Gasteiger partial charge in [-0.05, 0) is 145 Å². The van der Waals surface area contributed by atoms with Crippen molar-refractivity contribution in [3.05, 3.63) is 0 Å². The van der Waals surface area contributed by atoms with Crippen LogP contribution in [0.1, 0.15) is 161 Å². The monoisotopic (exact) mass is 893 g/mol. The van der Waals surface area contributed by atoms with E-state index in [1.807, 2.05) is 0 Å². The Labute approximate surface area is 382 Å². The standard InChI is InChI=1S/C16H28S.C12H20OS.2C12H22OS/c1-11(2)13-9-15(5)8-12-6-7-16(15,10-17-13)14(12,3)4;1-11(2)8-4-5-12(11,3)10-9(8)13-6-7-14-10;1-8(2)10-5-4-9(3)12-11(10)13-6-7-14-12;1-8(2)10-5-4-9(3)11-12(10)14-7-6-13-11/h11-13H,6-10H2,1-5H3;8-10H,4-7H2,1-3H3;2*8-12H,4-7H2,1-3H3/t12?,13-,15?,16?;;2*9-,10+,11?,12?/m0.11/s1. The zero-order valence-electron chi connectivity index (χ0n) is 40.6. The van der Waals surface area contributed by atoms with Crippen molar-refractivity contribution >= 4 is 47.0 Å². The Morgan fingerprint density at radius 3 is 1.75 bits per heavy atom. The lowest BCUT2D eigenvalue weighted by molar-refractivity contribution is -0.0324. The summed E-state index contributed by atoms with van der Waals surface area (Å²) in [6.45, 7) is 37.2. The maximum Gasteiger partial charge on any atom is 0.0732 e. The number of hydrogen-bond donors (Lipinski definition) is 0. The van der Waals surface area contributed by atoms with E-state index in [4.69, 9.17) is 14.2 Å². The number of fused-ring (bicyclic) bond motifs is 8. The van der Waals surface area contributed by atoms with Crippen molar-refractivity contribution < 1.29 is 14.2 Å². The average Bonchev–Trinajstić information content (AvgIpc) is 3.73. The van der Waals surface area contributed by atoms with E-state index in [0.29, 0.717) is 45.4 Å². The van der Waals surface area contributed by atoms with Gasteiger partial charge in [-0.2, -0.15) is 47.0 Å². The molecule has 0 amide bonds. The van der Waals surface area contributed by atoms with Crippen LogP contribution in [0.3, 0.4) is 0 Å². The van der Waals surface area contributed by atoms with Gasteiger partial charge in [0.1, 0.15) is 0 Å². The topological polar surface area (TPSA) is 27.7 Å². The Bertz CT molecular complexity index is 1340. The van der Waals surface area contributed by atoms with Gasteiger partial charge < -0.3 is 14.2 Å². The lowest BCUT2D eigenvalue weighted by Crippen LogP contribution is -2.49. The molecule has 4 bridgehead atoms. The van der Waals surface area contributed by atoms with Crippen molar-refractivity contribution in [2.75, 3.05) is 42.8 Å². The Morgan fingerprint density at radius 1 is 0.525 bits per heavy atom. The van der Waals surface area contributed by atoms with Crippen molar-refractivity contribution in [2.45, 2.75) is 200 Å². The van der Waals surface area contributed by atoms with Crippen LogP contribution in [0, 0.1) is 80.3 Å². The van der Waals surface area contributed by atoms with Gasteiger partial charge in [0.2, 0.25) is 0 Å². The molecular formula is C52H92O3S4. The van der Waals surface area contributed by atoms with Crippen molar-refractivity contribution in [3.63, 3.8) is 0 Å².